The van der Waals surface area contributed by atoms with Crippen LogP contribution in [0.3, 0.4) is 0 Å². The van der Waals surface area contributed by atoms with Crippen LogP contribution in [0.5, 0.6) is 0 Å². The SMILES string of the molecule is CCc1nn(C)cc1-c1ccc2[nH]nc(-c3nc4nccc(-c5ccc(C)s5)c4[nH]3)c2n1. The van der Waals surface area contributed by atoms with Gasteiger partial charge in [0.25, 0.3) is 0 Å². The normalized spacial score (nSPS) is 11.7. The highest BCUT2D eigenvalue weighted by atomic mass is 32.1. The zero-order valence-electron chi connectivity index (χ0n) is 17.8. The van der Waals surface area contributed by atoms with E-state index in [1.54, 1.807) is 17.5 Å². The van der Waals surface area contributed by atoms with Crippen LogP contribution >= 0.6 is 11.3 Å². The van der Waals surface area contributed by atoms with Crippen LogP contribution < -0.4 is 0 Å². The van der Waals surface area contributed by atoms with E-state index in [4.69, 9.17) is 9.97 Å². The third-order valence-corrected chi connectivity index (χ3v) is 6.58. The Balaban J connectivity index is 1.51. The molecular weight excluding hydrogens is 420 g/mol. The zero-order chi connectivity index (χ0) is 21.8. The number of nitrogens with zero attached hydrogens (tertiary/aromatic N) is 6. The van der Waals surface area contributed by atoms with Crippen molar-refractivity contribution in [3.8, 4) is 33.2 Å². The number of hydrogen-bond acceptors (Lipinski definition) is 6. The van der Waals surface area contributed by atoms with Crippen molar-refractivity contribution in [2.45, 2.75) is 20.3 Å². The maximum Gasteiger partial charge on any atom is 0.178 e. The quantitative estimate of drug-likeness (QED) is 0.406. The van der Waals surface area contributed by atoms with Gasteiger partial charge in [-0.1, -0.05) is 6.92 Å². The molecule has 0 radical (unpaired) electrons. The van der Waals surface area contributed by atoms with Gasteiger partial charge in [0.2, 0.25) is 0 Å². The highest BCUT2D eigenvalue weighted by Gasteiger charge is 2.18. The van der Waals surface area contributed by atoms with Gasteiger partial charge < -0.3 is 4.98 Å². The summed E-state index contributed by atoms with van der Waals surface area (Å²) in [6, 6.07) is 10.3. The minimum atomic E-state index is 0.644. The van der Waals surface area contributed by atoms with Crippen LogP contribution in [0.2, 0.25) is 0 Å². The van der Waals surface area contributed by atoms with E-state index in [1.165, 1.54) is 9.75 Å². The summed E-state index contributed by atoms with van der Waals surface area (Å²) in [6.45, 7) is 4.21. The second-order valence-electron chi connectivity index (χ2n) is 7.73. The highest BCUT2D eigenvalue weighted by molar-refractivity contribution is 7.15. The lowest BCUT2D eigenvalue weighted by Gasteiger charge is -2.00. The van der Waals surface area contributed by atoms with E-state index in [1.807, 2.05) is 36.1 Å². The standard InChI is InChI=1S/C23H20N8S/c1-4-15-14(11-31(3)30-15)16-6-7-17-20(25-16)21(29-28-17)23-26-19-13(9-10-24-22(19)27-23)18-8-5-12(2)32-18/h5-11H,4H2,1-3H3,(H,28,29)(H,24,26,27). The fraction of sp³-hybridized carbons (Fsp3) is 0.174. The first-order chi connectivity index (χ1) is 15.6. The molecule has 8 nitrogen and oxygen atoms in total. The van der Waals surface area contributed by atoms with E-state index < -0.39 is 0 Å². The molecule has 0 atom stereocenters. The van der Waals surface area contributed by atoms with Gasteiger partial charge >= 0.3 is 0 Å². The summed E-state index contributed by atoms with van der Waals surface area (Å²) in [5.41, 5.74) is 7.87. The van der Waals surface area contributed by atoms with Gasteiger partial charge in [0.05, 0.1) is 22.4 Å². The summed E-state index contributed by atoms with van der Waals surface area (Å²) in [5, 5.41) is 12.2. The zero-order valence-corrected chi connectivity index (χ0v) is 18.7. The van der Waals surface area contributed by atoms with E-state index in [2.05, 4.69) is 51.2 Å². The monoisotopic (exact) mass is 440 g/mol. The second-order valence-corrected chi connectivity index (χ2v) is 9.02. The first-order valence-corrected chi connectivity index (χ1v) is 11.2. The number of H-pyrrole nitrogens is 2. The lowest BCUT2D eigenvalue weighted by molar-refractivity contribution is 0.746. The van der Waals surface area contributed by atoms with Gasteiger partial charge in [-0.15, -0.1) is 11.3 Å². The van der Waals surface area contributed by atoms with Crippen molar-refractivity contribution >= 4 is 33.5 Å². The number of aromatic amines is 2. The van der Waals surface area contributed by atoms with Crippen molar-refractivity contribution in [1.29, 1.82) is 0 Å². The predicted molar refractivity (Wildman–Crippen MR) is 126 cm³/mol. The summed E-state index contributed by atoms with van der Waals surface area (Å²) < 4.78 is 1.83. The molecule has 0 saturated heterocycles. The summed E-state index contributed by atoms with van der Waals surface area (Å²) in [6.07, 6.45) is 4.65. The predicted octanol–water partition coefficient (Wildman–Crippen LogP) is 4.90. The van der Waals surface area contributed by atoms with Crippen molar-refractivity contribution in [1.82, 2.24) is 39.9 Å². The van der Waals surface area contributed by atoms with Crippen LogP contribution in [-0.2, 0) is 13.5 Å². The topological polar surface area (TPSA) is 101 Å². The molecule has 0 fully saturated rings. The van der Waals surface area contributed by atoms with Crippen LogP contribution in [0.4, 0.5) is 0 Å². The molecule has 0 aliphatic carbocycles. The summed E-state index contributed by atoms with van der Waals surface area (Å²) in [4.78, 5) is 20.0. The van der Waals surface area contributed by atoms with Gasteiger partial charge in [0.1, 0.15) is 5.52 Å². The Labute approximate surface area is 187 Å². The Morgan fingerprint density at radius 3 is 2.78 bits per heavy atom. The number of hydrogen-bond donors (Lipinski definition) is 2. The average Bonchev–Trinajstić information content (AvgIpc) is 3.57. The molecule has 158 valence electrons. The Morgan fingerprint density at radius 2 is 1.97 bits per heavy atom. The van der Waals surface area contributed by atoms with Crippen LogP contribution in [0.15, 0.2) is 42.7 Å². The molecule has 6 rings (SSSR count). The number of thiophene rings is 1. The molecule has 2 N–H and O–H groups in total. The molecule has 0 bridgehead atoms. The lowest BCUT2D eigenvalue weighted by atomic mass is 10.1. The van der Waals surface area contributed by atoms with Crippen LogP contribution in [0.25, 0.3) is 55.4 Å². The molecule has 6 aromatic heterocycles. The van der Waals surface area contributed by atoms with Gasteiger partial charge in [0.15, 0.2) is 17.2 Å². The smallest absolute Gasteiger partial charge is 0.178 e. The number of nitrogens with one attached hydrogen (secondary N) is 2. The molecular formula is C23H20N8S. The first kappa shape index (κ1) is 18.9. The third-order valence-electron chi connectivity index (χ3n) is 5.55. The van der Waals surface area contributed by atoms with E-state index in [0.29, 0.717) is 17.2 Å². The molecule has 0 saturated carbocycles. The minimum Gasteiger partial charge on any atom is -0.335 e. The molecule has 0 unspecified atom stereocenters. The molecule has 32 heavy (non-hydrogen) atoms. The van der Waals surface area contributed by atoms with Gasteiger partial charge in [-0.05, 0) is 43.7 Å². The van der Waals surface area contributed by atoms with Gasteiger partial charge in [-0.3, -0.25) is 9.78 Å². The maximum absolute atomic E-state index is 4.93. The Bertz CT molecular complexity index is 1600. The minimum absolute atomic E-state index is 0.644. The lowest BCUT2D eigenvalue weighted by Crippen LogP contribution is -1.90. The summed E-state index contributed by atoms with van der Waals surface area (Å²) in [5.74, 6) is 0.644. The fourth-order valence-electron chi connectivity index (χ4n) is 4.03. The number of pyridine rings is 2. The van der Waals surface area contributed by atoms with E-state index in [9.17, 15) is 0 Å². The molecule has 0 amide bonds. The highest BCUT2D eigenvalue weighted by Crippen LogP contribution is 2.34. The van der Waals surface area contributed by atoms with Gasteiger partial charge in [-0.25, -0.2) is 15.0 Å². The van der Waals surface area contributed by atoms with E-state index in [-0.39, 0.29) is 0 Å². The number of rotatable bonds is 4. The van der Waals surface area contributed by atoms with Crippen molar-refractivity contribution in [3.63, 3.8) is 0 Å². The molecule has 0 aliphatic rings. The Morgan fingerprint density at radius 1 is 1.06 bits per heavy atom. The van der Waals surface area contributed by atoms with Crippen LogP contribution in [-0.4, -0.2) is 39.9 Å². The van der Waals surface area contributed by atoms with Crippen molar-refractivity contribution < 1.29 is 0 Å². The van der Waals surface area contributed by atoms with Crippen molar-refractivity contribution in [3.05, 3.63) is 53.3 Å². The van der Waals surface area contributed by atoms with Crippen molar-refractivity contribution in [2.24, 2.45) is 7.05 Å². The molecule has 0 spiro atoms. The molecule has 6 heterocycles. The van der Waals surface area contributed by atoms with Crippen molar-refractivity contribution in [2.75, 3.05) is 0 Å². The van der Waals surface area contributed by atoms with E-state index in [0.717, 1.165) is 45.5 Å². The number of fused-ring (bicyclic) bond motifs is 2. The summed E-state index contributed by atoms with van der Waals surface area (Å²) in [7, 11) is 1.93. The van der Waals surface area contributed by atoms with Gasteiger partial charge in [-0.2, -0.15) is 10.2 Å². The number of aromatic nitrogens is 8. The van der Waals surface area contributed by atoms with Gasteiger partial charge in [0, 0.05) is 40.3 Å². The largest absolute Gasteiger partial charge is 0.335 e. The first-order valence-electron chi connectivity index (χ1n) is 10.4. The fourth-order valence-corrected chi connectivity index (χ4v) is 4.93. The number of imidazole rings is 1. The molecule has 6 aromatic rings. The molecule has 0 aromatic carbocycles. The van der Waals surface area contributed by atoms with E-state index >= 15 is 0 Å². The molecule has 0 aliphatic heterocycles. The maximum atomic E-state index is 4.93. The Kier molecular flexibility index (Phi) is 4.19. The number of aryl methyl sites for hydroxylation is 3. The molecule has 9 heteroatoms. The second kappa shape index (κ2) is 7.10. The average molecular weight is 441 g/mol. The summed E-state index contributed by atoms with van der Waals surface area (Å²) >= 11 is 1.75. The van der Waals surface area contributed by atoms with Crippen LogP contribution in [0.1, 0.15) is 17.5 Å². The van der Waals surface area contributed by atoms with Crippen LogP contribution in [0, 0.1) is 6.92 Å². The Hall–Kier alpha value is -3.85. The third kappa shape index (κ3) is 2.93.